The van der Waals surface area contributed by atoms with E-state index in [-0.39, 0.29) is 5.54 Å². The Bertz CT molecular complexity index is 387. The molecule has 0 spiro atoms. The van der Waals surface area contributed by atoms with E-state index in [4.69, 9.17) is 4.98 Å². The van der Waals surface area contributed by atoms with Gasteiger partial charge in [0.25, 0.3) is 0 Å². The highest BCUT2D eigenvalue weighted by molar-refractivity contribution is 7.11. The Hall–Kier alpha value is -0.410. The van der Waals surface area contributed by atoms with Crippen molar-refractivity contribution >= 4 is 11.3 Å². The van der Waals surface area contributed by atoms with Gasteiger partial charge in [-0.15, -0.1) is 11.3 Å². The van der Waals surface area contributed by atoms with Crippen molar-refractivity contribution in [3.63, 3.8) is 0 Å². The third-order valence-electron chi connectivity index (χ3n) is 4.39. The zero-order valence-corrected chi connectivity index (χ0v) is 12.5. The molecule has 1 atom stereocenters. The van der Waals surface area contributed by atoms with Crippen LogP contribution in [0.5, 0.6) is 0 Å². The highest BCUT2D eigenvalue weighted by Gasteiger charge is 2.55. The Labute approximate surface area is 109 Å². The topological polar surface area (TPSA) is 24.9 Å². The maximum Gasteiger partial charge on any atom is 0.114 e. The Morgan fingerprint density at radius 1 is 1.41 bits per heavy atom. The lowest BCUT2D eigenvalue weighted by Gasteiger charge is -2.35. The van der Waals surface area contributed by atoms with E-state index in [1.54, 1.807) is 0 Å². The minimum absolute atomic E-state index is 0.0622. The van der Waals surface area contributed by atoms with Crippen LogP contribution in [0.15, 0.2) is 0 Å². The van der Waals surface area contributed by atoms with E-state index in [0.29, 0.717) is 5.41 Å². The standard InChI is InChI=1S/C14H24N2S/c1-6-9-15-14(5,13(4)7-8-13)12-16-10(2)11(3)17-12/h15H,6-9H2,1-5H3. The van der Waals surface area contributed by atoms with Crippen molar-refractivity contribution < 1.29 is 0 Å². The average Bonchev–Trinajstić information content (AvgIpc) is 2.95. The Morgan fingerprint density at radius 2 is 2.06 bits per heavy atom. The van der Waals surface area contributed by atoms with Gasteiger partial charge in [-0.2, -0.15) is 0 Å². The van der Waals surface area contributed by atoms with Crippen molar-refractivity contribution in [1.82, 2.24) is 10.3 Å². The van der Waals surface area contributed by atoms with E-state index < -0.39 is 0 Å². The lowest BCUT2D eigenvalue weighted by Crippen LogP contribution is -2.46. The van der Waals surface area contributed by atoms with Crippen molar-refractivity contribution in [3.05, 3.63) is 15.6 Å². The zero-order chi connectivity index (χ0) is 12.7. The van der Waals surface area contributed by atoms with Crippen LogP contribution in [0, 0.1) is 19.3 Å². The Balaban J connectivity index is 2.33. The van der Waals surface area contributed by atoms with Crippen LogP contribution in [0.3, 0.4) is 0 Å². The summed E-state index contributed by atoms with van der Waals surface area (Å²) >= 11 is 1.87. The summed E-state index contributed by atoms with van der Waals surface area (Å²) in [5, 5.41) is 5.03. The molecule has 2 rings (SSSR count). The fraction of sp³-hybridized carbons (Fsp3) is 0.786. The van der Waals surface area contributed by atoms with Crippen molar-refractivity contribution in [2.75, 3.05) is 6.54 Å². The molecule has 3 heteroatoms. The number of nitrogens with one attached hydrogen (secondary N) is 1. The van der Waals surface area contributed by atoms with Crippen LogP contribution in [-0.2, 0) is 5.54 Å². The summed E-state index contributed by atoms with van der Waals surface area (Å²) in [6.07, 6.45) is 3.81. The van der Waals surface area contributed by atoms with Crippen LogP contribution < -0.4 is 5.32 Å². The number of aryl methyl sites for hydroxylation is 2. The molecule has 0 amide bonds. The van der Waals surface area contributed by atoms with Crippen LogP contribution in [0.1, 0.15) is 55.6 Å². The first-order valence-electron chi connectivity index (χ1n) is 6.62. The molecular formula is C14H24N2S. The van der Waals surface area contributed by atoms with Crippen molar-refractivity contribution in [2.24, 2.45) is 5.41 Å². The van der Waals surface area contributed by atoms with Gasteiger partial charge in [-0.3, -0.25) is 0 Å². The lowest BCUT2D eigenvalue weighted by molar-refractivity contribution is 0.226. The molecule has 1 fully saturated rings. The van der Waals surface area contributed by atoms with Gasteiger partial charge in [0.05, 0.1) is 11.2 Å². The summed E-state index contributed by atoms with van der Waals surface area (Å²) in [5.74, 6) is 0. The number of hydrogen-bond acceptors (Lipinski definition) is 3. The van der Waals surface area contributed by atoms with E-state index >= 15 is 0 Å². The molecule has 1 saturated carbocycles. The Morgan fingerprint density at radius 3 is 2.47 bits per heavy atom. The molecular weight excluding hydrogens is 228 g/mol. The molecule has 0 saturated heterocycles. The van der Waals surface area contributed by atoms with Gasteiger partial charge in [0.1, 0.15) is 5.01 Å². The molecule has 2 nitrogen and oxygen atoms in total. The molecule has 17 heavy (non-hydrogen) atoms. The normalized spacial score (nSPS) is 21.2. The third kappa shape index (κ3) is 2.15. The quantitative estimate of drug-likeness (QED) is 0.862. The molecule has 0 bridgehead atoms. The van der Waals surface area contributed by atoms with Crippen LogP contribution in [0.2, 0.25) is 0 Å². The molecule has 96 valence electrons. The van der Waals surface area contributed by atoms with Crippen LogP contribution >= 0.6 is 11.3 Å². The summed E-state index contributed by atoms with van der Waals surface area (Å²) in [5.41, 5.74) is 1.66. The van der Waals surface area contributed by atoms with Gasteiger partial charge in [0.2, 0.25) is 0 Å². The monoisotopic (exact) mass is 252 g/mol. The summed E-state index contributed by atoms with van der Waals surface area (Å²) < 4.78 is 0. The van der Waals surface area contributed by atoms with Crippen LogP contribution in [0.4, 0.5) is 0 Å². The second kappa shape index (κ2) is 4.36. The minimum Gasteiger partial charge on any atom is -0.305 e. The largest absolute Gasteiger partial charge is 0.305 e. The van der Waals surface area contributed by atoms with E-state index in [9.17, 15) is 0 Å². The van der Waals surface area contributed by atoms with Gasteiger partial charge < -0.3 is 5.32 Å². The van der Waals surface area contributed by atoms with Gasteiger partial charge in [-0.25, -0.2) is 4.98 Å². The Kier molecular flexibility index (Phi) is 3.34. The summed E-state index contributed by atoms with van der Waals surface area (Å²) in [6.45, 7) is 12.3. The van der Waals surface area contributed by atoms with Crippen LogP contribution in [-0.4, -0.2) is 11.5 Å². The van der Waals surface area contributed by atoms with E-state index in [2.05, 4.69) is 39.9 Å². The highest BCUT2D eigenvalue weighted by Crippen LogP contribution is 2.58. The maximum absolute atomic E-state index is 4.80. The highest BCUT2D eigenvalue weighted by atomic mass is 32.1. The average molecular weight is 252 g/mol. The first-order chi connectivity index (χ1) is 7.93. The summed E-state index contributed by atoms with van der Waals surface area (Å²) in [4.78, 5) is 6.15. The number of thiazole rings is 1. The molecule has 0 radical (unpaired) electrons. The first-order valence-corrected chi connectivity index (χ1v) is 7.44. The number of aromatic nitrogens is 1. The molecule has 1 heterocycles. The zero-order valence-electron chi connectivity index (χ0n) is 11.7. The molecule has 1 aromatic heterocycles. The number of hydrogen-bond donors (Lipinski definition) is 1. The van der Waals surface area contributed by atoms with Gasteiger partial charge >= 0.3 is 0 Å². The van der Waals surface area contributed by atoms with Gasteiger partial charge in [-0.1, -0.05) is 13.8 Å². The van der Waals surface area contributed by atoms with Crippen molar-refractivity contribution in [3.8, 4) is 0 Å². The molecule has 1 unspecified atom stereocenters. The van der Waals surface area contributed by atoms with Crippen molar-refractivity contribution in [1.29, 1.82) is 0 Å². The van der Waals surface area contributed by atoms with E-state index in [1.807, 2.05) is 11.3 Å². The molecule has 0 aliphatic heterocycles. The third-order valence-corrected chi connectivity index (χ3v) is 5.69. The molecule has 0 aromatic carbocycles. The first kappa shape index (κ1) is 13.0. The smallest absolute Gasteiger partial charge is 0.114 e. The fourth-order valence-electron chi connectivity index (χ4n) is 2.30. The summed E-state index contributed by atoms with van der Waals surface area (Å²) in [7, 11) is 0. The number of rotatable bonds is 5. The van der Waals surface area contributed by atoms with Gasteiger partial charge in [-0.05, 0) is 52.0 Å². The second-order valence-electron chi connectivity index (χ2n) is 5.77. The van der Waals surface area contributed by atoms with E-state index in [0.717, 1.165) is 6.54 Å². The summed E-state index contributed by atoms with van der Waals surface area (Å²) in [6, 6.07) is 0. The molecule has 1 aromatic rings. The maximum atomic E-state index is 4.80. The van der Waals surface area contributed by atoms with Gasteiger partial charge in [0.15, 0.2) is 0 Å². The minimum atomic E-state index is 0.0622. The van der Waals surface area contributed by atoms with Gasteiger partial charge in [0, 0.05) is 4.88 Å². The molecule has 1 aliphatic rings. The number of nitrogens with zero attached hydrogens (tertiary/aromatic N) is 1. The predicted molar refractivity (Wildman–Crippen MR) is 74.6 cm³/mol. The predicted octanol–water partition coefficient (Wildman–Crippen LogP) is 3.77. The lowest BCUT2D eigenvalue weighted by atomic mass is 9.84. The SMILES string of the molecule is CCCNC(C)(c1nc(C)c(C)s1)C1(C)CC1. The molecule has 1 N–H and O–H groups in total. The molecule has 1 aliphatic carbocycles. The van der Waals surface area contributed by atoms with Crippen LogP contribution in [0.25, 0.3) is 0 Å². The van der Waals surface area contributed by atoms with Crippen molar-refractivity contribution in [2.45, 2.75) is 59.4 Å². The fourth-order valence-corrected chi connectivity index (χ4v) is 3.48. The second-order valence-corrected chi connectivity index (χ2v) is 6.98. The van der Waals surface area contributed by atoms with E-state index in [1.165, 1.54) is 34.8 Å².